The number of rotatable bonds is 10. The van der Waals surface area contributed by atoms with Gasteiger partial charge in [0.25, 0.3) is 5.56 Å². The second-order valence-corrected chi connectivity index (χ2v) is 11.0. The lowest BCUT2D eigenvalue weighted by Gasteiger charge is -2.17. The number of benzene rings is 3. The van der Waals surface area contributed by atoms with Crippen LogP contribution in [0.1, 0.15) is 43.4 Å². The Bertz CT molecular complexity index is 1720. The molecule has 41 heavy (non-hydrogen) atoms. The number of carboxylic acids is 1. The van der Waals surface area contributed by atoms with E-state index in [1.54, 1.807) is 38.3 Å². The van der Waals surface area contributed by atoms with E-state index in [0.29, 0.717) is 43.6 Å². The number of fused-ring (bicyclic) bond motifs is 1. The Labute approximate surface area is 254 Å². The topological polar surface area (TPSA) is 112 Å². The van der Waals surface area contributed by atoms with Crippen LogP contribution in [0.25, 0.3) is 22.3 Å². The minimum absolute atomic E-state index is 0.167. The number of aromatic nitrogens is 2. The maximum absolute atomic E-state index is 13.8. The van der Waals surface area contributed by atoms with Gasteiger partial charge in [0.2, 0.25) is 0 Å². The lowest BCUT2D eigenvalue weighted by atomic mass is 9.96. The molecule has 0 aliphatic carbocycles. The lowest BCUT2D eigenvalue weighted by Crippen LogP contribution is -2.21. The molecule has 0 aliphatic heterocycles. The number of aryl methyl sites for hydroxylation is 1. The smallest absolute Gasteiger partial charge is 0.341 e. The van der Waals surface area contributed by atoms with Gasteiger partial charge in [-0.3, -0.25) is 4.79 Å². The number of hydrogen-bond acceptors (Lipinski definition) is 7. The quantitative estimate of drug-likeness (QED) is 0.183. The highest BCUT2D eigenvalue weighted by Crippen LogP contribution is 2.42. The molecule has 0 aliphatic rings. The van der Waals surface area contributed by atoms with E-state index >= 15 is 0 Å². The van der Waals surface area contributed by atoms with E-state index < -0.39 is 12.6 Å². The highest BCUT2D eigenvalue weighted by Gasteiger charge is 2.20. The summed E-state index contributed by atoms with van der Waals surface area (Å²) in [6, 6.07) is 12.7. The average molecular weight is 687 g/mol. The van der Waals surface area contributed by atoms with E-state index in [1.807, 2.05) is 25.1 Å². The first-order chi connectivity index (χ1) is 19.6. The van der Waals surface area contributed by atoms with Gasteiger partial charge in [0.05, 0.1) is 35.3 Å². The van der Waals surface area contributed by atoms with E-state index in [2.05, 4.69) is 50.8 Å². The number of carboxylic acid groups (broad SMARTS) is 1. The van der Waals surface area contributed by atoms with Crippen molar-refractivity contribution in [3.63, 3.8) is 0 Å². The molecule has 0 fully saturated rings. The van der Waals surface area contributed by atoms with Crippen LogP contribution in [0, 0.1) is 6.92 Å². The zero-order valence-electron chi connectivity index (χ0n) is 23.2. The van der Waals surface area contributed by atoms with Crippen LogP contribution >= 0.6 is 31.9 Å². The Hall–Kier alpha value is -3.70. The molecule has 1 heterocycles. The van der Waals surface area contributed by atoms with E-state index in [9.17, 15) is 9.59 Å². The van der Waals surface area contributed by atoms with Crippen LogP contribution in [0.5, 0.6) is 17.2 Å². The SMILES string of the molecule is CCOc1cc(C=Nn2c(-c3cc(C(C)C)c(OC)cc3C)nc3ccccc3c2=O)c(Br)c(Br)c1OCC(=O)O. The van der Waals surface area contributed by atoms with Crippen LogP contribution in [0.3, 0.4) is 0 Å². The van der Waals surface area contributed by atoms with Crippen molar-refractivity contribution in [1.82, 2.24) is 9.66 Å². The molecule has 4 rings (SSSR count). The van der Waals surface area contributed by atoms with Crippen LogP contribution in [-0.4, -0.2) is 47.3 Å². The van der Waals surface area contributed by atoms with Crippen molar-refractivity contribution < 1.29 is 24.1 Å². The second-order valence-electron chi connectivity index (χ2n) is 9.41. The van der Waals surface area contributed by atoms with Crippen molar-refractivity contribution in [2.45, 2.75) is 33.6 Å². The number of nitrogens with zero attached hydrogens (tertiary/aromatic N) is 3. The molecule has 11 heteroatoms. The van der Waals surface area contributed by atoms with Gasteiger partial charge in [0, 0.05) is 15.6 Å². The summed E-state index contributed by atoms with van der Waals surface area (Å²) in [5.74, 6) is 0.753. The van der Waals surface area contributed by atoms with Gasteiger partial charge >= 0.3 is 5.97 Å². The Balaban J connectivity index is 1.94. The van der Waals surface area contributed by atoms with Crippen molar-refractivity contribution >= 4 is 54.9 Å². The number of ether oxygens (including phenoxy) is 3. The van der Waals surface area contributed by atoms with Crippen molar-refractivity contribution in [2.24, 2.45) is 5.10 Å². The van der Waals surface area contributed by atoms with E-state index in [-0.39, 0.29) is 17.2 Å². The summed E-state index contributed by atoms with van der Waals surface area (Å²) in [6.45, 7) is 7.67. The molecule has 0 bridgehead atoms. The summed E-state index contributed by atoms with van der Waals surface area (Å²) >= 11 is 7.01. The minimum atomic E-state index is -1.12. The molecule has 0 unspecified atom stereocenters. The van der Waals surface area contributed by atoms with Crippen molar-refractivity contribution in [3.8, 4) is 28.6 Å². The maximum Gasteiger partial charge on any atom is 0.341 e. The fraction of sp³-hybridized carbons (Fsp3) is 0.267. The molecule has 3 aromatic carbocycles. The summed E-state index contributed by atoms with van der Waals surface area (Å²) in [7, 11) is 1.64. The Morgan fingerprint density at radius 1 is 1.12 bits per heavy atom. The van der Waals surface area contributed by atoms with Gasteiger partial charge in [-0.15, -0.1) is 0 Å². The monoisotopic (exact) mass is 685 g/mol. The molecule has 4 aromatic rings. The Morgan fingerprint density at radius 2 is 1.85 bits per heavy atom. The highest BCUT2D eigenvalue weighted by molar-refractivity contribution is 9.13. The molecular weight excluding hydrogens is 658 g/mol. The van der Waals surface area contributed by atoms with Crippen LogP contribution < -0.4 is 19.8 Å². The first-order valence-corrected chi connectivity index (χ1v) is 14.4. The molecule has 0 amide bonds. The fourth-order valence-electron chi connectivity index (χ4n) is 4.32. The van der Waals surface area contributed by atoms with Crippen molar-refractivity contribution in [1.29, 1.82) is 0 Å². The molecule has 214 valence electrons. The third kappa shape index (κ3) is 6.31. The molecule has 0 spiro atoms. The summed E-state index contributed by atoms with van der Waals surface area (Å²) < 4.78 is 19.1. The predicted octanol–water partition coefficient (Wildman–Crippen LogP) is 6.77. The van der Waals surface area contributed by atoms with Crippen LogP contribution in [0.15, 0.2) is 61.3 Å². The number of carbonyl (C=O) groups is 1. The molecule has 0 saturated carbocycles. The van der Waals surface area contributed by atoms with Gasteiger partial charge < -0.3 is 19.3 Å². The standard InChI is InChI=1S/C30H29Br2N3O6/c1-6-40-24-12-18(26(31)27(32)28(24)41-15-25(36)37)14-33-35-29(34-22-10-8-7-9-19(22)30(35)38)21-13-20(16(2)3)23(39-5)11-17(21)4/h7-14,16H,6,15H2,1-5H3,(H,36,37). The van der Waals surface area contributed by atoms with Gasteiger partial charge in [0.1, 0.15) is 5.75 Å². The largest absolute Gasteiger partial charge is 0.496 e. The molecule has 1 aromatic heterocycles. The van der Waals surface area contributed by atoms with E-state index in [1.165, 1.54) is 10.9 Å². The number of halogens is 2. The number of methoxy groups -OCH3 is 1. The summed E-state index contributed by atoms with van der Waals surface area (Å²) in [4.78, 5) is 29.7. The summed E-state index contributed by atoms with van der Waals surface area (Å²) in [5, 5.41) is 14.1. The van der Waals surface area contributed by atoms with Crippen LogP contribution in [-0.2, 0) is 4.79 Å². The second kappa shape index (κ2) is 12.9. The number of para-hydroxylation sites is 1. The third-order valence-electron chi connectivity index (χ3n) is 6.30. The first-order valence-electron chi connectivity index (χ1n) is 12.8. The highest BCUT2D eigenvalue weighted by atomic mass is 79.9. The lowest BCUT2D eigenvalue weighted by molar-refractivity contribution is -0.139. The maximum atomic E-state index is 13.8. The number of aliphatic carboxylic acids is 1. The Kier molecular flexibility index (Phi) is 9.49. The molecule has 0 atom stereocenters. The molecular formula is C30H29Br2N3O6. The van der Waals surface area contributed by atoms with Crippen molar-refractivity contribution in [2.75, 3.05) is 20.3 Å². The van der Waals surface area contributed by atoms with Gasteiger partial charge in [-0.05, 0) is 93.1 Å². The van der Waals surface area contributed by atoms with Crippen LogP contribution in [0.4, 0.5) is 0 Å². The fourth-order valence-corrected chi connectivity index (χ4v) is 5.26. The Morgan fingerprint density at radius 3 is 2.51 bits per heavy atom. The molecule has 9 nitrogen and oxygen atoms in total. The summed E-state index contributed by atoms with van der Waals surface area (Å²) in [5.41, 5.74) is 3.40. The zero-order valence-corrected chi connectivity index (χ0v) is 26.4. The van der Waals surface area contributed by atoms with E-state index in [0.717, 1.165) is 22.4 Å². The normalized spacial score (nSPS) is 11.4. The van der Waals surface area contributed by atoms with Gasteiger partial charge in [-0.1, -0.05) is 26.0 Å². The van der Waals surface area contributed by atoms with Gasteiger partial charge in [-0.25, -0.2) is 9.78 Å². The number of hydrogen-bond donors (Lipinski definition) is 1. The summed E-state index contributed by atoms with van der Waals surface area (Å²) in [6.07, 6.45) is 1.52. The van der Waals surface area contributed by atoms with Crippen LogP contribution in [0.2, 0.25) is 0 Å². The van der Waals surface area contributed by atoms with Gasteiger partial charge in [0.15, 0.2) is 23.9 Å². The molecule has 0 saturated heterocycles. The molecule has 1 N–H and O–H groups in total. The minimum Gasteiger partial charge on any atom is -0.496 e. The van der Waals surface area contributed by atoms with Crippen molar-refractivity contribution in [3.05, 3.63) is 78.5 Å². The van der Waals surface area contributed by atoms with Gasteiger partial charge in [-0.2, -0.15) is 9.78 Å². The molecule has 0 radical (unpaired) electrons. The third-order valence-corrected chi connectivity index (χ3v) is 8.44. The predicted molar refractivity (Wildman–Crippen MR) is 166 cm³/mol. The average Bonchev–Trinajstić information content (AvgIpc) is 2.94. The van der Waals surface area contributed by atoms with E-state index in [4.69, 9.17) is 24.3 Å². The first kappa shape index (κ1) is 30.3. The zero-order chi connectivity index (χ0) is 29.8.